The Hall–Kier alpha value is -2.58. The molecule has 116 valence electrons. The number of nitrogens with two attached hydrogens (primary N) is 1. The van der Waals surface area contributed by atoms with Gasteiger partial charge in [-0.3, -0.25) is 4.79 Å². The van der Waals surface area contributed by atoms with E-state index in [1.54, 1.807) is 18.2 Å². The molecule has 0 fully saturated rings. The third-order valence-electron chi connectivity index (χ3n) is 3.17. The van der Waals surface area contributed by atoms with Gasteiger partial charge in [-0.25, -0.2) is 0 Å². The zero-order valence-electron chi connectivity index (χ0n) is 12.5. The standard InChI is InChI=1S/C18H15BrN2O2/c1-12-2-4-13(5-3-12)11-23-17-7-6-16(19)9-14(17)8-15(10-20)18(21)22/h2-9H,11H2,1H3,(H2,21,22)/b15-8+. The molecule has 0 bridgehead atoms. The van der Waals surface area contributed by atoms with Crippen LogP contribution in [0.5, 0.6) is 5.75 Å². The lowest BCUT2D eigenvalue weighted by Gasteiger charge is -2.10. The smallest absolute Gasteiger partial charge is 0.259 e. The Morgan fingerprint density at radius 2 is 2.00 bits per heavy atom. The Kier molecular flexibility index (Phi) is 5.56. The molecule has 2 rings (SSSR count). The number of hydrogen-bond donors (Lipinski definition) is 1. The van der Waals surface area contributed by atoms with Gasteiger partial charge >= 0.3 is 0 Å². The fourth-order valence-electron chi connectivity index (χ4n) is 1.92. The summed E-state index contributed by atoms with van der Waals surface area (Å²) >= 11 is 3.37. The first-order valence-corrected chi connectivity index (χ1v) is 7.68. The van der Waals surface area contributed by atoms with Crippen LogP contribution in [0, 0.1) is 18.3 Å². The molecule has 0 aliphatic heterocycles. The van der Waals surface area contributed by atoms with E-state index in [1.807, 2.05) is 37.3 Å². The highest BCUT2D eigenvalue weighted by molar-refractivity contribution is 9.10. The predicted molar refractivity (Wildman–Crippen MR) is 92.4 cm³/mol. The Morgan fingerprint density at radius 1 is 1.30 bits per heavy atom. The summed E-state index contributed by atoms with van der Waals surface area (Å²) in [4.78, 5) is 11.2. The maximum absolute atomic E-state index is 11.2. The molecule has 0 aromatic heterocycles. The van der Waals surface area contributed by atoms with Gasteiger partial charge < -0.3 is 10.5 Å². The predicted octanol–water partition coefficient (Wildman–Crippen LogP) is 3.73. The Labute approximate surface area is 143 Å². The minimum atomic E-state index is -0.767. The minimum Gasteiger partial charge on any atom is -0.488 e. The lowest BCUT2D eigenvalue weighted by Crippen LogP contribution is -2.12. The number of carbonyl (C=O) groups excluding carboxylic acids is 1. The van der Waals surface area contributed by atoms with Crippen LogP contribution in [0.1, 0.15) is 16.7 Å². The molecule has 4 nitrogen and oxygen atoms in total. The summed E-state index contributed by atoms with van der Waals surface area (Å²) in [6.45, 7) is 2.41. The summed E-state index contributed by atoms with van der Waals surface area (Å²) in [6.07, 6.45) is 1.43. The average Bonchev–Trinajstić information content (AvgIpc) is 2.53. The molecule has 23 heavy (non-hydrogen) atoms. The van der Waals surface area contributed by atoms with Crippen molar-refractivity contribution >= 4 is 27.9 Å². The molecule has 0 aliphatic rings. The number of carbonyl (C=O) groups is 1. The van der Waals surface area contributed by atoms with Crippen molar-refractivity contribution in [2.75, 3.05) is 0 Å². The van der Waals surface area contributed by atoms with E-state index in [-0.39, 0.29) is 5.57 Å². The second-order valence-corrected chi connectivity index (χ2v) is 5.91. The number of benzene rings is 2. The second kappa shape index (κ2) is 7.61. The second-order valence-electron chi connectivity index (χ2n) is 4.99. The summed E-state index contributed by atoms with van der Waals surface area (Å²) in [7, 11) is 0. The van der Waals surface area contributed by atoms with Gasteiger partial charge in [0.1, 0.15) is 24.0 Å². The van der Waals surface area contributed by atoms with Crippen LogP contribution in [0.15, 0.2) is 52.5 Å². The highest BCUT2D eigenvalue weighted by atomic mass is 79.9. The number of primary amides is 1. The van der Waals surface area contributed by atoms with Crippen molar-refractivity contribution in [3.63, 3.8) is 0 Å². The number of hydrogen-bond acceptors (Lipinski definition) is 3. The Balaban J connectivity index is 2.27. The zero-order chi connectivity index (χ0) is 16.8. The van der Waals surface area contributed by atoms with Crippen LogP contribution in [0.25, 0.3) is 6.08 Å². The van der Waals surface area contributed by atoms with Crippen LogP contribution in [0.3, 0.4) is 0 Å². The number of nitrogens with zero attached hydrogens (tertiary/aromatic N) is 1. The molecule has 0 heterocycles. The van der Waals surface area contributed by atoms with Crippen molar-refractivity contribution in [3.05, 3.63) is 69.2 Å². The van der Waals surface area contributed by atoms with Crippen molar-refractivity contribution in [3.8, 4) is 11.8 Å². The van der Waals surface area contributed by atoms with Crippen LogP contribution >= 0.6 is 15.9 Å². The third kappa shape index (κ3) is 4.70. The molecule has 5 heteroatoms. The highest BCUT2D eigenvalue weighted by Crippen LogP contribution is 2.26. The van der Waals surface area contributed by atoms with Crippen molar-refractivity contribution in [2.45, 2.75) is 13.5 Å². The number of aryl methyl sites for hydroxylation is 1. The van der Waals surface area contributed by atoms with Gasteiger partial charge in [-0.15, -0.1) is 0 Å². The lowest BCUT2D eigenvalue weighted by molar-refractivity contribution is -0.114. The number of amides is 1. The van der Waals surface area contributed by atoms with E-state index >= 15 is 0 Å². The average molecular weight is 371 g/mol. The van der Waals surface area contributed by atoms with Crippen molar-refractivity contribution in [1.82, 2.24) is 0 Å². The van der Waals surface area contributed by atoms with Crippen molar-refractivity contribution in [1.29, 1.82) is 5.26 Å². The first kappa shape index (κ1) is 16.8. The third-order valence-corrected chi connectivity index (χ3v) is 3.67. The number of nitriles is 1. The molecule has 1 amide bonds. The topological polar surface area (TPSA) is 76.1 Å². The molecule has 0 saturated heterocycles. The Morgan fingerprint density at radius 3 is 2.61 bits per heavy atom. The maximum Gasteiger partial charge on any atom is 0.259 e. The fraction of sp³-hybridized carbons (Fsp3) is 0.111. The van der Waals surface area contributed by atoms with Gasteiger partial charge in [0.2, 0.25) is 0 Å². The van der Waals surface area contributed by atoms with E-state index in [9.17, 15) is 4.79 Å². The van der Waals surface area contributed by atoms with Gasteiger partial charge in [0.25, 0.3) is 5.91 Å². The van der Waals surface area contributed by atoms with E-state index in [1.165, 1.54) is 11.6 Å². The van der Waals surface area contributed by atoms with Crippen LogP contribution in [-0.2, 0) is 11.4 Å². The molecule has 0 unspecified atom stereocenters. The maximum atomic E-state index is 11.2. The first-order valence-electron chi connectivity index (χ1n) is 6.89. The van der Waals surface area contributed by atoms with Gasteiger partial charge in [-0.1, -0.05) is 45.8 Å². The van der Waals surface area contributed by atoms with E-state index in [2.05, 4.69) is 15.9 Å². The number of halogens is 1. The molecule has 0 spiro atoms. The van der Waals surface area contributed by atoms with Crippen LogP contribution in [0.2, 0.25) is 0 Å². The number of rotatable bonds is 5. The summed E-state index contributed by atoms with van der Waals surface area (Å²) in [5.74, 6) is -0.195. The SMILES string of the molecule is Cc1ccc(COc2ccc(Br)cc2/C=C(\C#N)C(N)=O)cc1. The van der Waals surface area contributed by atoms with E-state index < -0.39 is 5.91 Å². The normalized spacial score (nSPS) is 10.9. The molecule has 0 saturated carbocycles. The number of ether oxygens (including phenoxy) is 1. The molecule has 2 aromatic carbocycles. The van der Waals surface area contributed by atoms with Gasteiger partial charge in [0.05, 0.1) is 0 Å². The van der Waals surface area contributed by atoms with Crippen LogP contribution in [0.4, 0.5) is 0 Å². The monoisotopic (exact) mass is 370 g/mol. The lowest BCUT2D eigenvalue weighted by atomic mass is 10.1. The van der Waals surface area contributed by atoms with Gasteiger partial charge in [-0.2, -0.15) is 5.26 Å². The van der Waals surface area contributed by atoms with Crippen LogP contribution in [-0.4, -0.2) is 5.91 Å². The summed E-state index contributed by atoms with van der Waals surface area (Å²) < 4.78 is 6.63. The summed E-state index contributed by atoms with van der Waals surface area (Å²) in [6, 6.07) is 15.2. The van der Waals surface area contributed by atoms with E-state index in [0.29, 0.717) is 17.9 Å². The zero-order valence-corrected chi connectivity index (χ0v) is 14.1. The van der Waals surface area contributed by atoms with Crippen molar-refractivity contribution < 1.29 is 9.53 Å². The van der Waals surface area contributed by atoms with Gasteiger partial charge in [0, 0.05) is 10.0 Å². The molecule has 0 radical (unpaired) electrons. The quantitative estimate of drug-likeness (QED) is 0.643. The van der Waals surface area contributed by atoms with Crippen molar-refractivity contribution in [2.24, 2.45) is 5.73 Å². The highest BCUT2D eigenvalue weighted by Gasteiger charge is 2.08. The molecule has 2 N–H and O–H groups in total. The molecule has 0 atom stereocenters. The van der Waals surface area contributed by atoms with E-state index in [0.717, 1.165) is 10.0 Å². The van der Waals surface area contributed by atoms with E-state index in [4.69, 9.17) is 15.7 Å². The summed E-state index contributed by atoms with van der Waals surface area (Å²) in [5, 5.41) is 8.98. The minimum absolute atomic E-state index is 0.122. The molecular formula is C18H15BrN2O2. The van der Waals surface area contributed by atoms with Crippen LogP contribution < -0.4 is 10.5 Å². The largest absolute Gasteiger partial charge is 0.488 e. The first-order chi connectivity index (χ1) is 11.0. The Bertz CT molecular complexity index is 790. The molecule has 2 aromatic rings. The molecule has 0 aliphatic carbocycles. The summed E-state index contributed by atoms with van der Waals surface area (Å²) in [5.41, 5.74) is 7.88. The van der Waals surface area contributed by atoms with Gasteiger partial charge in [-0.05, 0) is 36.8 Å². The fourth-order valence-corrected chi connectivity index (χ4v) is 2.30. The van der Waals surface area contributed by atoms with Gasteiger partial charge in [0.15, 0.2) is 0 Å². The molecular weight excluding hydrogens is 356 g/mol.